The first-order valence-electron chi connectivity index (χ1n) is 4.24. The maximum absolute atomic E-state index is 12.6. The molecule has 1 nitrogen and oxygen atoms in total. The van der Waals surface area contributed by atoms with Crippen LogP contribution in [0.1, 0.15) is 5.56 Å². The summed E-state index contributed by atoms with van der Waals surface area (Å²) >= 11 is 1.59. The van der Waals surface area contributed by atoms with E-state index < -0.39 is 0 Å². The van der Waals surface area contributed by atoms with Gasteiger partial charge in [0.25, 0.3) is 0 Å². The van der Waals surface area contributed by atoms with Crippen LogP contribution in [0.15, 0.2) is 41.1 Å². The molecule has 0 saturated heterocycles. The number of rotatable bonds is 3. The second-order valence-corrected chi connectivity index (χ2v) is 3.65. The van der Waals surface area contributed by atoms with Crippen LogP contribution in [0.3, 0.4) is 0 Å². The number of benzene rings is 1. The van der Waals surface area contributed by atoms with Crippen molar-refractivity contribution in [3.8, 4) is 5.75 Å². The molecule has 1 aromatic heterocycles. The van der Waals surface area contributed by atoms with Gasteiger partial charge in [0.2, 0.25) is 0 Å². The first kappa shape index (κ1) is 9.21. The van der Waals surface area contributed by atoms with Gasteiger partial charge in [-0.05, 0) is 29.1 Å². The van der Waals surface area contributed by atoms with E-state index in [1.165, 1.54) is 12.1 Å². The van der Waals surface area contributed by atoms with Gasteiger partial charge in [0.1, 0.15) is 18.2 Å². The highest BCUT2D eigenvalue weighted by Crippen LogP contribution is 2.16. The third kappa shape index (κ3) is 2.33. The molecule has 1 heterocycles. The molecule has 0 radical (unpaired) electrons. The van der Waals surface area contributed by atoms with Crippen molar-refractivity contribution in [2.45, 2.75) is 6.61 Å². The van der Waals surface area contributed by atoms with Gasteiger partial charge in [0.05, 0.1) is 0 Å². The Labute approximate surface area is 85.8 Å². The maximum atomic E-state index is 12.6. The topological polar surface area (TPSA) is 9.23 Å². The van der Waals surface area contributed by atoms with Crippen molar-refractivity contribution >= 4 is 11.3 Å². The fourth-order valence-corrected chi connectivity index (χ4v) is 1.65. The van der Waals surface area contributed by atoms with Crippen molar-refractivity contribution in [3.63, 3.8) is 0 Å². The Kier molecular flexibility index (Phi) is 2.79. The van der Waals surface area contributed by atoms with Crippen LogP contribution < -0.4 is 4.74 Å². The molecule has 0 aliphatic heterocycles. The van der Waals surface area contributed by atoms with Crippen LogP contribution in [0.25, 0.3) is 0 Å². The van der Waals surface area contributed by atoms with E-state index in [0.29, 0.717) is 6.61 Å². The highest BCUT2D eigenvalue weighted by atomic mass is 32.1. The van der Waals surface area contributed by atoms with E-state index in [2.05, 4.69) is 0 Å². The van der Waals surface area contributed by atoms with E-state index in [-0.39, 0.29) is 5.82 Å². The van der Waals surface area contributed by atoms with Crippen LogP contribution in [0.2, 0.25) is 0 Å². The standard InChI is InChI=1S/C11H9FOS/c12-10-3-1-9(2-4-10)7-13-11-5-6-14-8-11/h1-6,8H,7H2. The Morgan fingerprint density at radius 2 is 1.93 bits per heavy atom. The van der Waals surface area contributed by atoms with Crippen molar-refractivity contribution in [1.29, 1.82) is 0 Å². The second-order valence-electron chi connectivity index (χ2n) is 2.87. The number of halogens is 1. The van der Waals surface area contributed by atoms with Gasteiger partial charge in [-0.2, -0.15) is 0 Å². The molecule has 72 valence electrons. The molecular formula is C11H9FOS. The van der Waals surface area contributed by atoms with E-state index in [1.54, 1.807) is 23.5 Å². The predicted octanol–water partition coefficient (Wildman–Crippen LogP) is 3.47. The van der Waals surface area contributed by atoms with Gasteiger partial charge >= 0.3 is 0 Å². The summed E-state index contributed by atoms with van der Waals surface area (Å²) in [7, 11) is 0. The van der Waals surface area contributed by atoms with Gasteiger partial charge in [-0.15, -0.1) is 11.3 Å². The summed E-state index contributed by atoms with van der Waals surface area (Å²) in [5.41, 5.74) is 0.970. The van der Waals surface area contributed by atoms with Gasteiger partial charge in [-0.3, -0.25) is 0 Å². The summed E-state index contributed by atoms with van der Waals surface area (Å²) < 4.78 is 18.0. The Morgan fingerprint density at radius 3 is 2.57 bits per heavy atom. The molecule has 1 aromatic carbocycles. The number of hydrogen-bond donors (Lipinski definition) is 0. The van der Waals surface area contributed by atoms with E-state index in [4.69, 9.17) is 4.74 Å². The molecule has 0 atom stereocenters. The van der Waals surface area contributed by atoms with Gasteiger partial charge in [-0.1, -0.05) is 12.1 Å². The Hall–Kier alpha value is -1.35. The summed E-state index contributed by atoms with van der Waals surface area (Å²) in [4.78, 5) is 0. The molecule has 2 rings (SSSR count). The zero-order valence-corrected chi connectivity index (χ0v) is 8.26. The van der Waals surface area contributed by atoms with Crippen molar-refractivity contribution in [3.05, 3.63) is 52.5 Å². The van der Waals surface area contributed by atoms with Crippen LogP contribution in [-0.2, 0) is 6.61 Å². The van der Waals surface area contributed by atoms with E-state index >= 15 is 0 Å². The lowest BCUT2D eigenvalue weighted by Crippen LogP contribution is -1.93. The molecule has 0 bridgehead atoms. The van der Waals surface area contributed by atoms with Crippen LogP contribution in [0.5, 0.6) is 5.75 Å². The third-order valence-electron chi connectivity index (χ3n) is 1.81. The molecule has 0 amide bonds. The smallest absolute Gasteiger partial charge is 0.130 e. The Morgan fingerprint density at radius 1 is 1.14 bits per heavy atom. The fourth-order valence-electron chi connectivity index (χ4n) is 1.08. The van der Waals surface area contributed by atoms with Crippen molar-refractivity contribution in [1.82, 2.24) is 0 Å². The molecule has 0 aliphatic rings. The maximum Gasteiger partial charge on any atom is 0.130 e. The fraction of sp³-hybridized carbons (Fsp3) is 0.0909. The quantitative estimate of drug-likeness (QED) is 0.750. The SMILES string of the molecule is Fc1ccc(COc2ccsc2)cc1. The lowest BCUT2D eigenvalue weighted by molar-refractivity contribution is 0.307. The monoisotopic (exact) mass is 208 g/mol. The predicted molar refractivity (Wildman–Crippen MR) is 55.1 cm³/mol. The molecular weight excluding hydrogens is 199 g/mol. The highest BCUT2D eigenvalue weighted by Gasteiger charge is 1.96. The normalized spacial score (nSPS) is 10.1. The number of ether oxygens (including phenoxy) is 1. The summed E-state index contributed by atoms with van der Waals surface area (Å²) in [5.74, 6) is 0.642. The highest BCUT2D eigenvalue weighted by molar-refractivity contribution is 7.08. The van der Waals surface area contributed by atoms with Gasteiger partial charge in [0, 0.05) is 5.38 Å². The molecule has 0 saturated carbocycles. The van der Waals surface area contributed by atoms with Crippen molar-refractivity contribution in [2.24, 2.45) is 0 Å². The molecule has 0 aliphatic carbocycles. The van der Waals surface area contributed by atoms with Crippen LogP contribution in [0, 0.1) is 5.82 Å². The number of hydrogen-bond acceptors (Lipinski definition) is 2. The third-order valence-corrected chi connectivity index (χ3v) is 2.48. The van der Waals surface area contributed by atoms with Gasteiger partial charge in [-0.25, -0.2) is 4.39 Å². The minimum atomic E-state index is -0.218. The molecule has 14 heavy (non-hydrogen) atoms. The first-order chi connectivity index (χ1) is 6.84. The molecule has 3 heteroatoms. The zero-order valence-electron chi connectivity index (χ0n) is 7.44. The lowest BCUT2D eigenvalue weighted by Gasteiger charge is -2.03. The van der Waals surface area contributed by atoms with Crippen molar-refractivity contribution in [2.75, 3.05) is 0 Å². The van der Waals surface area contributed by atoms with E-state index in [1.807, 2.05) is 16.8 Å². The molecule has 0 unspecified atom stereocenters. The van der Waals surface area contributed by atoms with E-state index in [0.717, 1.165) is 11.3 Å². The van der Waals surface area contributed by atoms with Gasteiger partial charge in [0.15, 0.2) is 0 Å². The molecule has 0 fully saturated rings. The molecule has 0 spiro atoms. The minimum Gasteiger partial charge on any atom is -0.488 e. The lowest BCUT2D eigenvalue weighted by atomic mass is 10.2. The Balaban J connectivity index is 1.95. The number of thiophene rings is 1. The summed E-state index contributed by atoms with van der Waals surface area (Å²) in [6, 6.07) is 8.23. The average Bonchev–Trinajstić information content (AvgIpc) is 2.70. The summed E-state index contributed by atoms with van der Waals surface area (Å²) in [5, 5.41) is 3.89. The van der Waals surface area contributed by atoms with Crippen molar-refractivity contribution < 1.29 is 9.13 Å². The zero-order chi connectivity index (χ0) is 9.80. The minimum absolute atomic E-state index is 0.218. The van der Waals surface area contributed by atoms with Crippen LogP contribution in [-0.4, -0.2) is 0 Å². The summed E-state index contributed by atoms with van der Waals surface area (Å²) in [6.45, 7) is 0.483. The van der Waals surface area contributed by atoms with Crippen LogP contribution >= 0.6 is 11.3 Å². The molecule has 0 N–H and O–H groups in total. The van der Waals surface area contributed by atoms with Gasteiger partial charge < -0.3 is 4.74 Å². The largest absolute Gasteiger partial charge is 0.488 e. The summed E-state index contributed by atoms with van der Waals surface area (Å²) in [6.07, 6.45) is 0. The van der Waals surface area contributed by atoms with E-state index in [9.17, 15) is 4.39 Å². The average molecular weight is 208 g/mol. The second kappa shape index (κ2) is 4.24. The Bertz CT molecular complexity index is 380. The van der Waals surface area contributed by atoms with Crippen LogP contribution in [0.4, 0.5) is 4.39 Å². The molecule has 2 aromatic rings. The first-order valence-corrected chi connectivity index (χ1v) is 5.18.